The van der Waals surface area contributed by atoms with Crippen molar-refractivity contribution in [3.8, 4) is 39.4 Å². The van der Waals surface area contributed by atoms with Crippen molar-refractivity contribution < 1.29 is 19.4 Å². The third kappa shape index (κ3) is 7.20. The molecule has 1 amide bonds. The molecule has 5 aromatic rings. The van der Waals surface area contributed by atoms with Crippen molar-refractivity contribution in [2.45, 2.75) is 38.4 Å². The number of nitrogens with one attached hydrogen (secondary N) is 2. The standard InChI is InChI=1S/C38H36Cl2N6O5/c1-51-36-23(20-45-14-12-24(21-45)38(49)50)8-10-31(44-36)30-7-3-6-29(35(30)40)28-5-2-4-27(34(28)39)22-13-15-46-32(16-22)42-18-25(37(46)48)17-41-19-26-9-11-33(47)43-26/h2-8,10,13,15-16,18,24,26,41H,9,11-12,14,17,19-21H2,1H3,(H,43,47)(H,49,50)/t24-,26-/m1/s1. The van der Waals surface area contributed by atoms with Crippen LogP contribution in [0.1, 0.15) is 30.4 Å². The number of nitrogens with zero attached hydrogens (tertiary/aromatic N) is 4. The molecule has 0 unspecified atom stereocenters. The van der Waals surface area contributed by atoms with E-state index in [0.717, 1.165) is 34.2 Å². The van der Waals surface area contributed by atoms with Crippen LogP contribution >= 0.6 is 23.2 Å². The van der Waals surface area contributed by atoms with E-state index in [0.29, 0.717) is 84.0 Å². The summed E-state index contributed by atoms with van der Waals surface area (Å²) in [6, 6.07) is 19.0. The highest BCUT2D eigenvalue weighted by Gasteiger charge is 2.29. The molecule has 11 nitrogen and oxygen atoms in total. The first kappa shape index (κ1) is 34.6. The number of methoxy groups -OCH3 is 1. The lowest BCUT2D eigenvalue weighted by molar-refractivity contribution is -0.141. The zero-order valence-electron chi connectivity index (χ0n) is 27.9. The number of aliphatic carboxylic acids is 1. The molecular weight excluding hydrogens is 691 g/mol. The number of halogens is 2. The van der Waals surface area contributed by atoms with Gasteiger partial charge in [-0.05, 0) is 43.1 Å². The molecule has 0 radical (unpaired) electrons. The molecule has 2 aromatic carbocycles. The van der Waals surface area contributed by atoms with E-state index in [1.54, 1.807) is 19.5 Å². The van der Waals surface area contributed by atoms with Gasteiger partial charge in [0, 0.05) is 84.4 Å². The van der Waals surface area contributed by atoms with Crippen LogP contribution in [0.2, 0.25) is 10.0 Å². The fourth-order valence-corrected chi connectivity index (χ4v) is 7.51. The minimum Gasteiger partial charge on any atom is -0.481 e. The quantitative estimate of drug-likeness (QED) is 0.157. The Morgan fingerprint density at radius 3 is 2.45 bits per heavy atom. The van der Waals surface area contributed by atoms with Gasteiger partial charge < -0.3 is 20.5 Å². The maximum atomic E-state index is 13.3. The predicted molar refractivity (Wildman–Crippen MR) is 196 cm³/mol. The summed E-state index contributed by atoms with van der Waals surface area (Å²) >= 11 is 14.2. The lowest BCUT2D eigenvalue weighted by Crippen LogP contribution is -2.36. The fraction of sp³-hybridized carbons (Fsp3) is 0.289. The number of carbonyl (C=O) groups excluding carboxylic acids is 1. The van der Waals surface area contributed by atoms with E-state index in [-0.39, 0.29) is 23.4 Å². The van der Waals surface area contributed by atoms with E-state index in [4.69, 9.17) is 32.9 Å². The summed E-state index contributed by atoms with van der Waals surface area (Å²) in [7, 11) is 1.57. The molecule has 2 aliphatic rings. The van der Waals surface area contributed by atoms with Gasteiger partial charge >= 0.3 is 5.97 Å². The topological polar surface area (TPSA) is 138 Å². The Morgan fingerprint density at radius 2 is 1.75 bits per heavy atom. The van der Waals surface area contributed by atoms with Gasteiger partial charge in [0.2, 0.25) is 11.8 Å². The van der Waals surface area contributed by atoms with Gasteiger partial charge in [-0.25, -0.2) is 9.97 Å². The van der Waals surface area contributed by atoms with Crippen LogP contribution in [0.3, 0.4) is 0 Å². The first-order chi connectivity index (χ1) is 24.7. The maximum absolute atomic E-state index is 13.3. The zero-order valence-corrected chi connectivity index (χ0v) is 29.4. The van der Waals surface area contributed by atoms with Crippen molar-refractivity contribution in [3.63, 3.8) is 0 Å². The number of carboxylic acids is 1. The Kier molecular flexibility index (Phi) is 10.1. The Balaban J connectivity index is 1.12. The van der Waals surface area contributed by atoms with E-state index in [1.807, 2.05) is 60.7 Å². The number of hydrogen-bond donors (Lipinski definition) is 3. The zero-order chi connectivity index (χ0) is 35.6. The Morgan fingerprint density at radius 1 is 1.00 bits per heavy atom. The highest BCUT2D eigenvalue weighted by atomic mass is 35.5. The molecule has 7 rings (SSSR count). The number of benzene rings is 2. The van der Waals surface area contributed by atoms with Crippen molar-refractivity contribution in [2.24, 2.45) is 5.92 Å². The number of hydrogen-bond acceptors (Lipinski definition) is 8. The number of carbonyl (C=O) groups is 2. The minimum atomic E-state index is -0.767. The number of carboxylic acid groups (broad SMARTS) is 1. The Hall–Kier alpha value is -4.81. The lowest BCUT2D eigenvalue weighted by atomic mass is 9.97. The van der Waals surface area contributed by atoms with Crippen molar-refractivity contribution in [2.75, 3.05) is 26.7 Å². The molecule has 0 aliphatic carbocycles. The van der Waals surface area contributed by atoms with E-state index in [9.17, 15) is 19.5 Å². The molecule has 5 heterocycles. The van der Waals surface area contributed by atoms with Gasteiger partial charge in [0.05, 0.1) is 28.8 Å². The van der Waals surface area contributed by atoms with Gasteiger partial charge in [0.25, 0.3) is 5.56 Å². The van der Waals surface area contributed by atoms with Gasteiger partial charge in [0.1, 0.15) is 5.65 Å². The van der Waals surface area contributed by atoms with E-state index < -0.39 is 5.97 Å². The van der Waals surface area contributed by atoms with Gasteiger partial charge in [0.15, 0.2) is 0 Å². The SMILES string of the molecule is COc1nc(-c2cccc(-c3cccc(-c4ccn5c(=O)c(CNC[C@H]6CCC(=O)N6)cnc5c4)c3Cl)c2Cl)ccc1CN1CC[C@@H](C(=O)O)C1. The minimum absolute atomic E-state index is 0.0568. The summed E-state index contributed by atoms with van der Waals surface area (Å²) in [5.41, 5.74) is 6.06. The van der Waals surface area contributed by atoms with Crippen LogP contribution < -0.4 is 20.9 Å². The molecule has 3 N–H and O–H groups in total. The number of pyridine rings is 2. The third-order valence-electron chi connectivity index (χ3n) is 9.59. The van der Waals surface area contributed by atoms with Crippen LogP contribution in [-0.2, 0) is 22.7 Å². The van der Waals surface area contributed by atoms with Crippen molar-refractivity contribution in [1.82, 2.24) is 29.9 Å². The number of aromatic nitrogens is 3. The second-order valence-corrected chi connectivity index (χ2v) is 13.7. The van der Waals surface area contributed by atoms with Crippen LogP contribution in [0.5, 0.6) is 5.88 Å². The largest absolute Gasteiger partial charge is 0.481 e. The van der Waals surface area contributed by atoms with Gasteiger partial charge in [-0.1, -0.05) is 65.7 Å². The molecule has 13 heteroatoms. The molecule has 51 heavy (non-hydrogen) atoms. The monoisotopic (exact) mass is 726 g/mol. The molecule has 0 saturated carbocycles. The summed E-state index contributed by atoms with van der Waals surface area (Å²) in [4.78, 5) is 47.6. The van der Waals surface area contributed by atoms with E-state index >= 15 is 0 Å². The van der Waals surface area contributed by atoms with Gasteiger partial charge in [-0.15, -0.1) is 0 Å². The predicted octanol–water partition coefficient (Wildman–Crippen LogP) is 5.68. The van der Waals surface area contributed by atoms with Crippen LogP contribution in [0.25, 0.3) is 39.2 Å². The van der Waals surface area contributed by atoms with Crippen molar-refractivity contribution in [1.29, 1.82) is 0 Å². The summed E-state index contributed by atoms with van der Waals surface area (Å²) in [5, 5.41) is 16.5. The average molecular weight is 728 g/mol. The van der Waals surface area contributed by atoms with Crippen LogP contribution in [0, 0.1) is 5.92 Å². The third-order valence-corrected chi connectivity index (χ3v) is 10.4. The average Bonchev–Trinajstić information content (AvgIpc) is 3.78. The smallest absolute Gasteiger partial charge is 0.307 e. The van der Waals surface area contributed by atoms with Crippen LogP contribution in [0.15, 0.2) is 77.9 Å². The van der Waals surface area contributed by atoms with Crippen molar-refractivity contribution >= 4 is 40.7 Å². The highest BCUT2D eigenvalue weighted by Crippen LogP contribution is 2.42. The molecule has 2 fully saturated rings. The highest BCUT2D eigenvalue weighted by molar-refractivity contribution is 6.39. The number of ether oxygens (including phenoxy) is 1. The Labute approximate surface area is 304 Å². The Bertz CT molecular complexity index is 2210. The molecule has 0 bridgehead atoms. The number of amides is 1. The number of fused-ring (bicyclic) bond motifs is 1. The normalized spacial score (nSPS) is 17.6. The number of rotatable bonds is 11. The fourth-order valence-electron chi connectivity index (χ4n) is 6.85. The van der Waals surface area contributed by atoms with Gasteiger partial charge in [-0.3, -0.25) is 23.7 Å². The maximum Gasteiger partial charge on any atom is 0.307 e. The first-order valence-corrected chi connectivity index (χ1v) is 17.5. The molecule has 2 aliphatic heterocycles. The second-order valence-electron chi connectivity index (χ2n) is 12.9. The summed E-state index contributed by atoms with van der Waals surface area (Å²) in [6.07, 6.45) is 5.22. The van der Waals surface area contributed by atoms with Crippen molar-refractivity contribution in [3.05, 3.63) is 105 Å². The van der Waals surface area contributed by atoms with E-state index in [2.05, 4.69) is 20.5 Å². The molecule has 3 aromatic heterocycles. The summed E-state index contributed by atoms with van der Waals surface area (Å²) in [6.45, 7) is 2.66. The molecular formula is C38H36Cl2N6O5. The molecule has 2 saturated heterocycles. The second kappa shape index (κ2) is 14.8. The van der Waals surface area contributed by atoms with Crippen LogP contribution in [0.4, 0.5) is 0 Å². The molecule has 262 valence electrons. The summed E-state index contributed by atoms with van der Waals surface area (Å²) in [5.74, 6) is -0.615. The first-order valence-electron chi connectivity index (χ1n) is 16.8. The molecule has 2 atom stereocenters. The lowest BCUT2D eigenvalue weighted by Gasteiger charge is -2.18. The number of likely N-dealkylation sites (tertiary alicyclic amines) is 1. The summed E-state index contributed by atoms with van der Waals surface area (Å²) < 4.78 is 7.17. The van der Waals surface area contributed by atoms with Crippen LogP contribution in [-0.4, -0.2) is 69.0 Å². The van der Waals surface area contributed by atoms with E-state index in [1.165, 1.54) is 4.40 Å². The molecule has 0 spiro atoms. The van der Waals surface area contributed by atoms with Gasteiger partial charge in [-0.2, -0.15) is 0 Å².